The number of rotatable bonds is 5. The molecule has 0 unspecified atom stereocenters. The fraction of sp³-hybridized carbons (Fsp3) is 1.00. The topological polar surface area (TPSA) is 26.7 Å². The Bertz CT molecular complexity index is 235. The van der Waals surface area contributed by atoms with Crippen molar-refractivity contribution in [3.8, 4) is 0 Å². The minimum Gasteiger partial charge on any atom is -0.396 e. The van der Waals surface area contributed by atoms with E-state index in [-0.39, 0.29) is 0 Å². The molecule has 0 aromatic carbocycles. The van der Waals surface area contributed by atoms with Crippen molar-refractivity contribution in [1.82, 2.24) is 9.80 Å². The van der Waals surface area contributed by atoms with E-state index in [4.69, 9.17) is 5.11 Å². The maximum atomic E-state index is 8.96. The Balaban J connectivity index is 1.80. The van der Waals surface area contributed by atoms with Crippen LogP contribution in [0, 0.1) is 5.92 Å². The second kappa shape index (κ2) is 7.46. The predicted molar refractivity (Wildman–Crippen MR) is 75.8 cm³/mol. The highest BCUT2D eigenvalue weighted by molar-refractivity contribution is 4.84. The summed E-state index contributed by atoms with van der Waals surface area (Å²) in [6, 6.07) is 0.802. The number of hydrogen-bond acceptors (Lipinski definition) is 3. The van der Waals surface area contributed by atoms with Crippen LogP contribution in [-0.2, 0) is 0 Å². The van der Waals surface area contributed by atoms with Crippen molar-refractivity contribution in [2.75, 3.05) is 39.3 Å². The van der Waals surface area contributed by atoms with Crippen LogP contribution < -0.4 is 0 Å². The van der Waals surface area contributed by atoms with Gasteiger partial charge in [0.05, 0.1) is 0 Å². The zero-order chi connectivity index (χ0) is 12.8. The van der Waals surface area contributed by atoms with E-state index < -0.39 is 0 Å². The second-order valence-corrected chi connectivity index (χ2v) is 6.06. The van der Waals surface area contributed by atoms with Gasteiger partial charge in [-0.2, -0.15) is 0 Å². The van der Waals surface area contributed by atoms with Crippen LogP contribution in [-0.4, -0.2) is 60.3 Å². The number of aliphatic hydroxyl groups is 1. The van der Waals surface area contributed by atoms with Crippen LogP contribution in [0.1, 0.15) is 45.4 Å². The maximum Gasteiger partial charge on any atom is 0.0431 e. The van der Waals surface area contributed by atoms with Crippen molar-refractivity contribution >= 4 is 0 Å². The molecule has 0 saturated carbocycles. The lowest BCUT2D eigenvalue weighted by Crippen LogP contribution is -2.51. The Hall–Kier alpha value is -0.120. The van der Waals surface area contributed by atoms with E-state index >= 15 is 0 Å². The largest absolute Gasteiger partial charge is 0.396 e. The Morgan fingerprint density at radius 2 is 1.94 bits per heavy atom. The van der Waals surface area contributed by atoms with Gasteiger partial charge in [-0.15, -0.1) is 0 Å². The Morgan fingerprint density at radius 3 is 2.72 bits per heavy atom. The number of hydrogen-bond donors (Lipinski definition) is 1. The summed E-state index contributed by atoms with van der Waals surface area (Å²) >= 11 is 0. The molecule has 2 saturated heterocycles. The third-order valence-electron chi connectivity index (χ3n) is 4.77. The number of likely N-dealkylation sites (N-methyl/N-ethyl adjacent to an activating group) is 1. The van der Waals surface area contributed by atoms with Gasteiger partial charge in [0.15, 0.2) is 0 Å². The molecule has 2 aliphatic rings. The van der Waals surface area contributed by atoms with Crippen LogP contribution in [0.15, 0.2) is 0 Å². The van der Waals surface area contributed by atoms with E-state index in [0.717, 1.165) is 18.4 Å². The molecule has 2 fully saturated rings. The molecule has 0 aliphatic carbocycles. The summed E-state index contributed by atoms with van der Waals surface area (Å²) in [5.41, 5.74) is 0. The molecule has 0 aromatic rings. The first kappa shape index (κ1) is 14.3. The summed E-state index contributed by atoms with van der Waals surface area (Å²) in [6.07, 6.45) is 7.71. The summed E-state index contributed by atoms with van der Waals surface area (Å²) in [5, 5.41) is 8.96. The molecule has 0 bridgehead atoms. The van der Waals surface area contributed by atoms with Crippen molar-refractivity contribution in [1.29, 1.82) is 0 Å². The second-order valence-electron chi connectivity index (χ2n) is 6.06. The van der Waals surface area contributed by atoms with Crippen LogP contribution in [0.3, 0.4) is 0 Å². The first-order chi connectivity index (χ1) is 8.83. The van der Waals surface area contributed by atoms with Gasteiger partial charge in [0.1, 0.15) is 0 Å². The van der Waals surface area contributed by atoms with Crippen molar-refractivity contribution < 1.29 is 5.11 Å². The third-order valence-corrected chi connectivity index (χ3v) is 4.77. The maximum absolute atomic E-state index is 8.96. The molecular weight excluding hydrogens is 224 g/mol. The lowest BCUT2D eigenvalue weighted by atomic mass is 9.91. The highest BCUT2D eigenvalue weighted by Gasteiger charge is 2.28. The molecular formula is C15H30N2O. The average molecular weight is 254 g/mol. The van der Waals surface area contributed by atoms with Gasteiger partial charge in [-0.1, -0.05) is 6.92 Å². The van der Waals surface area contributed by atoms with E-state index in [0.29, 0.717) is 6.61 Å². The smallest absolute Gasteiger partial charge is 0.0431 e. The fourth-order valence-corrected chi connectivity index (χ4v) is 3.66. The van der Waals surface area contributed by atoms with Crippen LogP contribution in [0.2, 0.25) is 0 Å². The van der Waals surface area contributed by atoms with Crippen LogP contribution in [0.25, 0.3) is 0 Å². The van der Waals surface area contributed by atoms with E-state index in [1.165, 1.54) is 64.8 Å². The molecule has 0 aromatic heterocycles. The lowest BCUT2D eigenvalue weighted by molar-refractivity contribution is 0.0616. The van der Waals surface area contributed by atoms with Gasteiger partial charge >= 0.3 is 0 Å². The zero-order valence-electron chi connectivity index (χ0n) is 12.0. The molecule has 2 atom stereocenters. The summed E-state index contributed by atoms with van der Waals surface area (Å²) in [6.45, 7) is 9.02. The van der Waals surface area contributed by atoms with Crippen molar-refractivity contribution in [3.05, 3.63) is 0 Å². The average Bonchev–Trinajstić information content (AvgIpc) is 2.45. The highest BCUT2D eigenvalue weighted by atomic mass is 16.2. The first-order valence-electron chi connectivity index (χ1n) is 7.90. The Labute approximate surface area is 112 Å². The molecule has 18 heavy (non-hydrogen) atoms. The molecule has 0 radical (unpaired) electrons. The quantitative estimate of drug-likeness (QED) is 0.812. The molecule has 3 heteroatoms. The lowest BCUT2D eigenvalue weighted by Gasteiger charge is -2.43. The molecule has 3 nitrogen and oxygen atoms in total. The number of aliphatic hydroxyl groups excluding tert-OH is 1. The van der Waals surface area contributed by atoms with Gasteiger partial charge in [-0.25, -0.2) is 0 Å². The standard InChI is InChI=1S/C15H30N2O/c1-2-16-9-4-8-15(13-16)17-10-3-6-14(12-17)7-5-11-18/h14-15,18H,2-13H2,1H3/t14-,15+/m1/s1. The molecule has 2 rings (SSSR count). The summed E-state index contributed by atoms with van der Waals surface area (Å²) < 4.78 is 0. The minimum atomic E-state index is 0.365. The SMILES string of the molecule is CCN1CCC[C@H](N2CCC[C@H](CCCO)C2)C1. The number of likely N-dealkylation sites (tertiary alicyclic amines) is 2. The monoisotopic (exact) mass is 254 g/mol. The van der Waals surface area contributed by atoms with Crippen molar-refractivity contribution in [2.45, 2.75) is 51.5 Å². The van der Waals surface area contributed by atoms with Crippen molar-refractivity contribution in [2.24, 2.45) is 5.92 Å². The fourth-order valence-electron chi connectivity index (χ4n) is 3.66. The van der Waals surface area contributed by atoms with Crippen molar-refractivity contribution in [3.63, 3.8) is 0 Å². The molecule has 2 heterocycles. The van der Waals surface area contributed by atoms with Gasteiger partial charge in [-0.3, -0.25) is 4.90 Å². The molecule has 2 aliphatic heterocycles. The highest BCUT2D eigenvalue weighted by Crippen LogP contribution is 2.25. The van der Waals surface area contributed by atoms with Gasteiger partial charge in [0.25, 0.3) is 0 Å². The van der Waals surface area contributed by atoms with E-state index in [9.17, 15) is 0 Å². The van der Waals surface area contributed by atoms with Crippen LogP contribution >= 0.6 is 0 Å². The summed E-state index contributed by atoms with van der Waals surface area (Å²) in [5.74, 6) is 0.836. The van der Waals surface area contributed by atoms with Gasteiger partial charge in [-0.05, 0) is 64.1 Å². The van der Waals surface area contributed by atoms with Crippen LogP contribution in [0.4, 0.5) is 0 Å². The molecule has 1 N–H and O–H groups in total. The number of nitrogens with zero attached hydrogens (tertiary/aromatic N) is 2. The summed E-state index contributed by atoms with van der Waals surface area (Å²) in [7, 11) is 0. The minimum absolute atomic E-state index is 0.365. The Kier molecular flexibility index (Phi) is 5.93. The normalized spacial score (nSPS) is 31.7. The van der Waals surface area contributed by atoms with E-state index in [2.05, 4.69) is 16.7 Å². The van der Waals surface area contributed by atoms with Gasteiger partial charge in [0, 0.05) is 25.7 Å². The van der Waals surface area contributed by atoms with E-state index in [1.807, 2.05) is 0 Å². The third kappa shape index (κ3) is 3.94. The zero-order valence-corrected chi connectivity index (χ0v) is 12.0. The van der Waals surface area contributed by atoms with Gasteiger partial charge < -0.3 is 10.0 Å². The predicted octanol–water partition coefficient (Wildman–Crippen LogP) is 1.96. The molecule has 0 amide bonds. The first-order valence-corrected chi connectivity index (χ1v) is 7.90. The van der Waals surface area contributed by atoms with Gasteiger partial charge in [0.2, 0.25) is 0 Å². The molecule has 106 valence electrons. The Morgan fingerprint density at radius 1 is 1.11 bits per heavy atom. The molecule has 0 spiro atoms. The van der Waals surface area contributed by atoms with E-state index in [1.54, 1.807) is 0 Å². The summed E-state index contributed by atoms with van der Waals surface area (Å²) in [4.78, 5) is 5.35. The van der Waals surface area contributed by atoms with Crippen LogP contribution in [0.5, 0.6) is 0 Å². The number of piperidine rings is 2.